The molecule has 0 spiro atoms. The molecule has 0 aromatic carbocycles. The number of ketones is 1. The van der Waals surface area contributed by atoms with Crippen LogP contribution in [0.25, 0.3) is 0 Å². The van der Waals surface area contributed by atoms with Crippen molar-refractivity contribution >= 4 is 29.5 Å². The molecule has 108 valence electrons. The Bertz CT molecular complexity index is 319. The number of ether oxygens (including phenoxy) is 3. The summed E-state index contributed by atoms with van der Waals surface area (Å²) in [6.45, 7) is 3.85. The summed E-state index contributed by atoms with van der Waals surface area (Å²) < 4.78 is 14.8. The summed E-state index contributed by atoms with van der Waals surface area (Å²) in [6, 6.07) is 0. The maximum atomic E-state index is 12.2. The van der Waals surface area contributed by atoms with Crippen molar-refractivity contribution in [3.8, 4) is 0 Å². The van der Waals surface area contributed by atoms with E-state index in [-0.39, 0.29) is 13.2 Å². The van der Waals surface area contributed by atoms with E-state index in [1.807, 2.05) is 0 Å². The van der Waals surface area contributed by atoms with Gasteiger partial charge in [0.1, 0.15) is 6.10 Å². The van der Waals surface area contributed by atoms with Crippen LogP contribution in [0.1, 0.15) is 13.8 Å². The lowest BCUT2D eigenvalue weighted by atomic mass is 10.0. The molecular weight excluding hydrogens is 272 g/mol. The lowest BCUT2D eigenvalue weighted by Crippen LogP contribution is -2.44. The highest BCUT2D eigenvalue weighted by Gasteiger charge is 2.41. The van der Waals surface area contributed by atoms with Gasteiger partial charge in [-0.05, 0) is 13.8 Å². The van der Waals surface area contributed by atoms with Gasteiger partial charge in [0.15, 0.2) is 5.78 Å². The average Bonchev–Trinajstić information content (AvgIpc) is 2.40. The molecule has 1 heterocycles. The summed E-state index contributed by atoms with van der Waals surface area (Å²) in [5.74, 6) is -2.62. The van der Waals surface area contributed by atoms with Crippen molar-refractivity contribution in [2.24, 2.45) is 5.92 Å². The standard InChI is InChI=1S/C12H18O6S/c1-3-16-11(14)9(12(15)17-4-2)10(13)8-7-19-6-5-18-8/h8-9H,3-7H2,1-2H3. The lowest BCUT2D eigenvalue weighted by Gasteiger charge is -2.23. The second-order valence-corrected chi connectivity index (χ2v) is 4.92. The highest BCUT2D eigenvalue weighted by Crippen LogP contribution is 2.18. The van der Waals surface area contributed by atoms with Crippen molar-refractivity contribution in [1.29, 1.82) is 0 Å². The van der Waals surface area contributed by atoms with E-state index in [2.05, 4.69) is 0 Å². The van der Waals surface area contributed by atoms with Gasteiger partial charge in [0, 0.05) is 11.5 Å². The molecule has 1 saturated heterocycles. The molecule has 1 atom stereocenters. The third-order valence-corrected chi connectivity index (χ3v) is 3.46. The molecule has 0 amide bonds. The molecule has 7 heteroatoms. The Morgan fingerprint density at radius 3 is 2.21 bits per heavy atom. The van der Waals surface area contributed by atoms with Crippen molar-refractivity contribution in [2.45, 2.75) is 20.0 Å². The van der Waals surface area contributed by atoms with Crippen LogP contribution in [0.3, 0.4) is 0 Å². The Morgan fingerprint density at radius 1 is 1.21 bits per heavy atom. The van der Waals surface area contributed by atoms with Gasteiger partial charge in [0.25, 0.3) is 0 Å². The van der Waals surface area contributed by atoms with Gasteiger partial charge in [-0.2, -0.15) is 11.8 Å². The topological polar surface area (TPSA) is 78.9 Å². The fourth-order valence-corrected chi connectivity index (χ4v) is 2.47. The van der Waals surface area contributed by atoms with E-state index in [9.17, 15) is 14.4 Å². The van der Waals surface area contributed by atoms with Crippen LogP contribution in [0.4, 0.5) is 0 Å². The molecule has 1 aliphatic rings. The Labute approximate surface area is 116 Å². The maximum Gasteiger partial charge on any atom is 0.328 e. The number of thioether (sulfide) groups is 1. The van der Waals surface area contributed by atoms with Crippen LogP contribution in [0.5, 0.6) is 0 Å². The molecule has 0 aromatic rings. The van der Waals surface area contributed by atoms with E-state index in [1.54, 1.807) is 25.6 Å². The molecule has 0 bridgehead atoms. The first-order chi connectivity index (χ1) is 9.11. The molecule has 19 heavy (non-hydrogen) atoms. The van der Waals surface area contributed by atoms with Gasteiger partial charge in [-0.3, -0.25) is 14.4 Å². The second kappa shape index (κ2) is 8.16. The summed E-state index contributed by atoms with van der Waals surface area (Å²) in [5.41, 5.74) is 0. The molecule has 1 fully saturated rings. The minimum Gasteiger partial charge on any atom is -0.465 e. The lowest BCUT2D eigenvalue weighted by molar-refractivity contribution is -0.166. The summed E-state index contributed by atoms with van der Waals surface area (Å²) in [5, 5.41) is 0. The predicted octanol–water partition coefficient (Wildman–Crippen LogP) is 0.430. The minimum absolute atomic E-state index is 0.0995. The van der Waals surface area contributed by atoms with Gasteiger partial charge in [-0.15, -0.1) is 0 Å². The fraction of sp³-hybridized carbons (Fsp3) is 0.750. The monoisotopic (exact) mass is 290 g/mol. The van der Waals surface area contributed by atoms with Gasteiger partial charge in [-0.1, -0.05) is 0 Å². The molecule has 0 N–H and O–H groups in total. The van der Waals surface area contributed by atoms with Gasteiger partial charge in [-0.25, -0.2) is 0 Å². The Kier molecular flexibility index (Phi) is 6.86. The first-order valence-electron chi connectivity index (χ1n) is 6.18. The fourth-order valence-electron chi connectivity index (χ4n) is 1.62. The molecule has 0 saturated carbocycles. The van der Waals surface area contributed by atoms with Crippen LogP contribution >= 0.6 is 11.8 Å². The van der Waals surface area contributed by atoms with Crippen LogP contribution < -0.4 is 0 Å². The van der Waals surface area contributed by atoms with Crippen LogP contribution in [-0.2, 0) is 28.6 Å². The molecular formula is C12H18O6S. The van der Waals surface area contributed by atoms with Crippen molar-refractivity contribution in [3.63, 3.8) is 0 Å². The largest absolute Gasteiger partial charge is 0.465 e. The molecule has 0 aromatic heterocycles. The van der Waals surface area contributed by atoms with Crippen LogP contribution in [0, 0.1) is 5.92 Å². The zero-order valence-corrected chi connectivity index (χ0v) is 11.9. The highest BCUT2D eigenvalue weighted by molar-refractivity contribution is 7.99. The maximum absolute atomic E-state index is 12.2. The first kappa shape index (κ1) is 16.0. The summed E-state index contributed by atoms with van der Waals surface area (Å²) >= 11 is 1.55. The summed E-state index contributed by atoms with van der Waals surface area (Å²) in [6.07, 6.45) is -0.752. The van der Waals surface area contributed by atoms with Gasteiger partial charge in [0.2, 0.25) is 5.92 Å². The number of hydrogen-bond donors (Lipinski definition) is 0. The van der Waals surface area contributed by atoms with E-state index in [4.69, 9.17) is 14.2 Å². The van der Waals surface area contributed by atoms with Gasteiger partial charge >= 0.3 is 11.9 Å². The minimum atomic E-state index is -1.54. The molecule has 6 nitrogen and oxygen atoms in total. The molecule has 0 radical (unpaired) electrons. The molecule has 1 unspecified atom stereocenters. The predicted molar refractivity (Wildman–Crippen MR) is 68.8 cm³/mol. The molecule has 1 rings (SSSR count). The van der Waals surface area contributed by atoms with Gasteiger partial charge in [0.05, 0.1) is 19.8 Å². The van der Waals surface area contributed by atoms with Crippen LogP contribution in [0.2, 0.25) is 0 Å². The van der Waals surface area contributed by atoms with Crippen molar-refractivity contribution < 1.29 is 28.6 Å². The first-order valence-corrected chi connectivity index (χ1v) is 7.33. The SMILES string of the molecule is CCOC(=O)C(C(=O)OCC)C(=O)C1CSCCO1. The van der Waals surface area contributed by atoms with Gasteiger partial charge < -0.3 is 14.2 Å². The quantitative estimate of drug-likeness (QED) is 0.518. The third kappa shape index (κ3) is 4.50. The zero-order chi connectivity index (χ0) is 14.3. The number of carbonyl (C=O) groups is 3. The Balaban J connectivity index is 2.78. The van der Waals surface area contributed by atoms with E-state index in [0.717, 1.165) is 5.75 Å². The highest BCUT2D eigenvalue weighted by atomic mass is 32.2. The number of carbonyl (C=O) groups excluding carboxylic acids is 3. The summed E-state index contributed by atoms with van der Waals surface area (Å²) in [7, 11) is 0. The summed E-state index contributed by atoms with van der Waals surface area (Å²) in [4.78, 5) is 35.7. The zero-order valence-electron chi connectivity index (χ0n) is 11.0. The Morgan fingerprint density at radius 2 is 1.79 bits per heavy atom. The van der Waals surface area contributed by atoms with Crippen molar-refractivity contribution in [1.82, 2.24) is 0 Å². The molecule has 1 aliphatic heterocycles. The van der Waals surface area contributed by atoms with Crippen molar-refractivity contribution in [2.75, 3.05) is 31.3 Å². The van der Waals surface area contributed by atoms with E-state index in [0.29, 0.717) is 12.4 Å². The van der Waals surface area contributed by atoms with E-state index < -0.39 is 29.7 Å². The van der Waals surface area contributed by atoms with Crippen LogP contribution in [0.15, 0.2) is 0 Å². The van der Waals surface area contributed by atoms with E-state index >= 15 is 0 Å². The Hall–Kier alpha value is -1.08. The number of esters is 2. The van der Waals surface area contributed by atoms with E-state index in [1.165, 1.54) is 0 Å². The van der Waals surface area contributed by atoms with Crippen LogP contribution in [-0.4, -0.2) is 55.2 Å². The number of rotatable bonds is 6. The smallest absolute Gasteiger partial charge is 0.328 e. The number of hydrogen-bond acceptors (Lipinski definition) is 7. The van der Waals surface area contributed by atoms with Crippen molar-refractivity contribution in [3.05, 3.63) is 0 Å². The third-order valence-electron chi connectivity index (χ3n) is 2.46. The average molecular weight is 290 g/mol. The normalized spacial score (nSPS) is 19.0. The number of Topliss-reactive ketones (excluding diaryl/α,β-unsaturated/α-hetero) is 1. The second-order valence-electron chi connectivity index (χ2n) is 3.77. The molecule has 0 aliphatic carbocycles.